The Labute approximate surface area is 184 Å². The molecular formula is C23H23N3O4S. The first kappa shape index (κ1) is 22.2. The van der Waals surface area contributed by atoms with Gasteiger partial charge in [0.25, 0.3) is 5.91 Å². The van der Waals surface area contributed by atoms with Crippen LogP contribution >= 0.6 is 11.3 Å². The molecule has 0 aliphatic rings. The number of hydrogen-bond acceptors (Lipinski definition) is 6. The van der Waals surface area contributed by atoms with Crippen molar-refractivity contribution in [2.45, 2.75) is 13.8 Å². The van der Waals surface area contributed by atoms with Gasteiger partial charge in [0, 0.05) is 23.7 Å². The van der Waals surface area contributed by atoms with Crippen molar-refractivity contribution in [1.82, 2.24) is 9.88 Å². The molecule has 3 rings (SSSR count). The maximum atomic E-state index is 12.2. The third kappa shape index (κ3) is 6.23. The molecule has 0 unspecified atom stereocenters. The fourth-order valence-corrected chi connectivity index (χ4v) is 3.44. The number of benzene rings is 2. The smallest absolute Gasteiger partial charge is 0.358 e. The van der Waals surface area contributed by atoms with Crippen molar-refractivity contribution in [2.24, 2.45) is 0 Å². The maximum absolute atomic E-state index is 12.2. The van der Waals surface area contributed by atoms with E-state index in [-0.39, 0.29) is 18.1 Å². The Hall–Kier alpha value is -3.52. The number of ether oxygens (including phenoxy) is 1. The summed E-state index contributed by atoms with van der Waals surface area (Å²) in [7, 11) is 1.48. The number of amides is 2. The Morgan fingerprint density at radius 3 is 2.26 bits per heavy atom. The van der Waals surface area contributed by atoms with Gasteiger partial charge in [-0.2, -0.15) is 0 Å². The quantitative estimate of drug-likeness (QED) is 0.570. The number of thiazole rings is 1. The van der Waals surface area contributed by atoms with E-state index in [0.29, 0.717) is 10.7 Å². The van der Waals surface area contributed by atoms with Gasteiger partial charge in [-0.3, -0.25) is 9.59 Å². The van der Waals surface area contributed by atoms with Gasteiger partial charge in [0.1, 0.15) is 5.01 Å². The number of nitrogens with one attached hydrogen (secondary N) is 1. The van der Waals surface area contributed by atoms with E-state index in [0.717, 1.165) is 16.7 Å². The van der Waals surface area contributed by atoms with Crippen molar-refractivity contribution in [3.05, 3.63) is 70.7 Å². The number of esters is 1. The molecule has 8 heteroatoms. The van der Waals surface area contributed by atoms with E-state index in [9.17, 15) is 14.4 Å². The van der Waals surface area contributed by atoms with E-state index in [4.69, 9.17) is 4.74 Å². The highest BCUT2D eigenvalue weighted by Gasteiger charge is 2.18. The lowest BCUT2D eigenvalue weighted by Crippen LogP contribution is -2.37. The summed E-state index contributed by atoms with van der Waals surface area (Å²) in [6.07, 6.45) is 0. The molecule has 7 nitrogen and oxygen atoms in total. The van der Waals surface area contributed by atoms with Crippen LogP contribution in [0.4, 0.5) is 5.69 Å². The molecule has 2 amide bonds. The summed E-state index contributed by atoms with van der Waals surface area (Å²) in [6.45, 7) is 3.33. The van der Waals surface area contributed by atoms with Crippen LogP contribution in [0.25, 0.3) is 10.6 Å². The summed E-state index contributed by atoms with van der Waals surface area (Å²) in [6, 6.07) is 15.1. The largest absolute Gasteiger partial charge is 0.451 e. The standard InChI is InChI=1S/C23H23N3O4S/c1-15-4-8-17(9-5-15)22-25-19(14-31-22)23(29)30-13-21(28)26(3)12-20(27)24-18-10-6-16(2)7-11-18/h4-11,14H,12-13H2,1-3H3,(H,24,27). The van der Waals surface area contributed by atoms with Gasteiger partial charge in [-0.15, -0.1) is 11.3 Å². The van der Waals surface area contributed by atoms with Crippen LogP contribution in [0.2, 0.25) is 0 Å². The van der Waals surface area contributed by atoms with Gasteiger partial charge in [-0.1, -0.05) is 47.5 Å². The van der Waals surface area contributed by atoms with Crippen molar-refractivity contribution >= 4 is 34.8 Å². The summed E-state index contributed by atoms with van der Waals surface area (Å²) in [5.74, 6) is -1.50. The lowest BCUT2D eigenvalue weighted by atomic mass is 10.2. The number of likely N-dealkylation sites (N-methyl/N-ethyl adjacent to an activating group) is 1. The minimum Gasteiger partial charge on any atom is -0.451 e. The van der Waals surface area contributed by atoms with Crippen molar-refractivity contribution < 1.29 is 19.1 Å². The Bertz CT molecular complexity index is 1070. The van der Waals surface area contributed by atoms with Crippen LogP contribution < -0.4 is 5.32 Å². The predicted molar refractivity (Wildman–Crippen MR) is 120 cm³/mol. The molecule has 0 bridgehead atoms. The van der Waals surface area contributed by atoms with Crippen molar-refractivity contribution in [3.8, 4) is 10.6 Å². The monoisotopic (exact) mass is 437 g/mol. The van der Waals surface area contributed by atoms with Gasteiger partial charge in [-0.25, -0.2) is 9.78 Å². The summed E-state index contributed by atoms with van der Waals surface area (Å²) in [5.41, 5.74) is 3.92. The molecule has 1 aromatic heterocycles. The van der Waals surface area contributed by atoms with Crippen LogP contribution in [0.3, 0.4) is 0 Å². The second-order valence-electron chi connectivity index (χ2n) is 7.14. The van der Waals surface area contributed by atoms with Crippen LogP contribution in [0.15, 0.2) is 53.9 Å². The van der Waals surface area contributed by atoms with E-state index >= 15 is 0 Å². The van der Waals surface area contributed by atoms with Gasteiger partial charge in [0.2, 0.25) is 5.91 Å². The fraction of sp³-hybridized carbons (Fsp3) is 0.217. The van der Waals surface area contributed by atoms with Gasteiger partial charge < -0.3 is 15.0 Å². The summed E-state index contributed by atoms with van der Waals surface area (Å²) >= 11 is 1.33. The van der Waals surface area contributed by atoms with Gasteiger partial charge in [-0.05, 0) is 26.0 Å². The number of rotatable bonds is 7. The zero-order chi connectivity index (χ0) is 22.4. The second kappa shape index (κ2) is 9.99. The van der Waals surface area contributed by atoms with Crippen LogP contribution in [0.5, 0.6) is 0 Å². The molecule has 2 aromatic carbocycles. The molecule has 0 aliphatic carbocycles. The first-order valence-electron chi connectivity index (χ1n) is 9.62. The number of hydrogen-bond donors (Lipinski definition) is 1. The topological polar surface area (TPSA) is 88.6 Å². The lowest BCUT2D eigenvalue weighted by Gasteiger charge is -2.16. The summed E-state index contributed by atoms with van der Waals surface area (Å²) in [4.78, 5) is 42.1. The SMILES string of the molecule is Cc1ccc(NC(=O)CN(C)C(=O)COC(=O)c2csc(-c3ccc(C)cc3)n2)cc1. The molecule has 0 saturated heterocycles. The molecule has 1 heterocycles. The fourth-order valence-electron chi connectivity index (χ4n) is 2.65. The number of carbonyl (C=O) groups excluding carboxylic acids is 3. The lowest BCUT2D eigenvalue weighted by molar-refractivity contribution is -0.136. The normalized spacial score (nSPS) is 10.4. The molecular weight excluding hydrogens is 414 g/mol. The highest BCUT2D eigenvalue weighted by molar-refractivity contribution is 7.13. The Morgan fingerprint density at radius 1 is 1.00 bits per heavy atom. The van der Waals surface area contributed by atoms with Crippen LogP contribution in [-0.2, 0) is 14.3 Å². The highest BCUT2D eigenvalue weighted by Crippen LogP contribution is 2.24. The van der Waals surface area contributed by atoms with Gasteiger partial charge in [0.05, 0.1) is 6.54 Å². The average molecular weight is 438 g/mol. The van der Waals surface area contributed by atoms with Gasteiger partial charge in [0.15, 0.2) is 12.3 Å². The molecule has 1 N–H and O–H groups in total. The van der Waals surface area contributed by atoms with Crippen LogP contribution in [0, 0.1) is 13.8 Å². The molecule has 0 saturated carbocycles. The molecule has 0 spiro atoms. The zero-order valence-corrected chi connectivity index (χ0v) is 18.4. The maximum Gasteiger partial charge on any atom is 0.358 e. The van der Waals surface area contributed by atoms with E-state index in [1.807, 2.05) is 50.2 Å². The number of aryl methyl sites for hydroxylation is 2. The number of carbonyl (C=O) groups is 3. The van der Waals surface area contributed by atoms with E-state index in [2.05, 4.69) is 10.3 Å². The number of anilines is 1. The molecule has 3 aromatic rings. The predicted octanol–water partition coefficient (Wildman–Crippen LogP) is 3.68. The Balaban J connectivity index is 1.48. The van der Waals surface area contributed by atoms with Crippen molar-refractivity contribution in [3.63, 3.8) is 0 Å². The highest BCUT2D eigenvalue weighted by atomic mass is 32.1. The minimum absolute atomic E-state index is 0.146. The molecule has 31 heavy (non-hydrogen) atoms. The van der Waals surface area contributed by atoms with Gasteiger partial charge >= 0.3 is 5.97 Å². The first-order chi connectivity index (χ1) is 14.8. The van der Waals surface area contributed by atoms with Crippen molar-refractivity contribution in [1.29, 1.82) is 0 Å². The minimum atomic E-state index is -0.680. The van der Waals surface area contributed by atoms with E-state index in [1.54, 1.807) is 17.5 Å². The van der Waals surface area contributed by atoms with Crippen LogP contribution in [0.1, 0.15) is 21.6 Å². The molecule has 160 valence electrons. The molecule has 0 atom stereocenters. The summed E-state index contributed by atoms with van der Waals surface area (Å²) in [5, 5.41) is 5.01. The third-order valence-electron chi connectivity index (χ3n) is 4.48. The third-order valence-corrected chi connectivity index (χ3v) is 5.37. The Kier molecular flexibility index (Phi) is 7.15. The van der Waals surface area contributed by atoms with E-state index < -0.39 is 18.5 Å². The number of aromatic nitrogens is 1. The first-order valence-corrected chi connectivity index (χ1v) is 10.5. The summed E-state index contributed by atoms with van der Waals surface area (Å²) < 4.78 is 5.07. The number of nitrogens with zero attached hydrogens (tertiary/aromatic N) is 2. The Morgan fingerprint density at radius 2 is 1.61 bits per heavy atom. The molecule has 0 fully saturated rings. The zero-order valence-electron chi connectivity index (χ0n) is 17.5. The molecule has 0 aliphatic heterocycles. The van der Waals surface area contributed by atoms with Crippen molar-refractivity contribution in [2.75, 3.05) is 25.5 Å². The van der Waals surface area contributed by atoms with E-state index in [1.165, 1.54) is 23.3 Å². The second-order valence-corrected chi connectivity index (χ2v) is 8.00. The average Bonchev–Trinajstić information content (AvgIpc) is 3.24. The van der Waals surface area contributed by atoms with Crippen LogP contribution in [-0.4, -0.2) is 47.9 Å². The molecule has 0 radical (unpaired) electrons.